The van der Waals surface area contributed by atoms with Crippen LogP contribution in [-0.4, -0.2) is 28.9 Å². The summed E-state index contributed by atoms with van der Waals surface area (Å²) in [6.45, 7) is -0.0952. The van der Waals surface area contributed by atoms with E-state index in [-0.39, 0.29) is 24.9 Å². The van der Waals surface area contributed by atoms with Crippen LogP contribution in [0.5, 0.6) is 0 Å². The molecule has 1 amide bonds. The smallest absolute Gasteiger partial charge is 0.303 e. The molecule has 0 unspecified atom stereocenters. The van der Waals surface area contributed by atoms with E-state index in [9.17, 15) is 18.4 Å². The van der Waals surface area contributed by atoms with E-state index in [2.05, 4.69) is 0 Å². The Morgan fingerprint density at radius 2 is 1.94 bits per heavy atom. The summed E-state index contributed by atoms with van der Waals surface area (Å²) < 4.78 is 26.2. The molecule has 6 heteroatoms. The number of rotatable bonds is 5. The minimum Gasteiger partial charge on any atom is -0.481 e. The molecular weight excluding hydrogens is 244 g/mol. The fourth-order valence-electron chi connectivity index (χ4n) is 1.41. The molecule has 1 aromatic carbocycles. The summed E-state index contributed by atoms with van der Waals surface area (Å²) in [6, 6.07) is 2.99. The van der Waals surface area contributed by atoms with Crippen LogP contribution in [0.1, 0.15) is 18.4 Å². The van der Waals surface area contributed by atoms with E-state index >= 15 is 0 Å². The van der Waals surface area contributed by atoms with Gasteiger partial charge >= 0.3 is 5.97 Å². The maximum Gasteiger partial charge on any atom is 0.303 e. The Balaban J connectivity index is 2.63. The van der Waals surface area contributed by atoms with Gasteiger partial charge in [0.2, 0.25) is 5.91 Å². The Hall–Kier alpha value is -1.98. The van der Waals surface area contributed by atoms with Crippen molar-refractivity contribution in [3.05, 3.63) is 35.4 Å². The highest BCUT2D eigenvalue weighted by molar-refractivity contribution is 5.80. The van der Waals surface area contributed by atoms with Gasteiger partial charge in [-0.1, -0.05) is 0 Å². The van der Waals surface area contributed by atoms with Gasteiger partial charge in [0.1, 0.15) is 11.6 Å². The maximum atomic E-state index is 13.3. The number of carbonyl (C=O) groups excluding carboxylic acids is 1. The van der Waals surface area contributed by atoms with Crippen molar-refractivity contribution in [3.8, 4) is 0 Å². The zero-order valence-corrected chi connectivity index (χ0v) is 9.82. The lowest BCUT2D eigenvalue weighted by Crippen LogP contribution is -2.27. The van der Waals surface area contributed by atoms with Crippen molar-refractivity contribution in [1.29, 1.82) is 0 Å². The zero-order valence-electron chi connectivity index (χ0n) is 9.82. The van der Waals surface area contributed by atoms with Crippen LogP contribution in [0.4, 0.5) is 8.78 Å². The normalized spacial score (nSPS) is 10.2. The number of carbonyl (C=O) groups is 2. The molecule has 4 nitrogen and oxygen atoms in total. The number of halogens is 2. The van der Waals surface area contributed by atoms with Gasteiger partial charge in [0.25, 0.3) is 0 Å². The summed E-state index contributed by atoms with van der Waals surface area (Å²) in [5, 5.41) is 8.43. The fourth-order valence-corrected chi connectivity index (χ4v) is 1.41. The van der Waals surface area contributed by atoms with Crippen LogP contribution in [0.2, 0.25) is 0 Å². The molecule has 0 saturated carbocycles. The summed E-state index contributed by atoms with van der Waals surface area (Å²) in [5.41, 5.74) is 0.0566. The molecule has 0 heterocycles. The molecule has 0 aliphatic rings. The highest BCUT2D eigenvalue weighted by Crippen LogP contribution is 2.12. The molecule has 0 spiro atoms. The molecule has 0 saturated heterocycles. The SMILES string of the molecule is CN(Cc1cc(F)ccc1F)C(=O)CCC(=O)O. The number of amides is 1. The number of carboxylic acid groups (broad SMARTS) is 1. The molecule has 0 fully saturated rings. The third-order valence-electron chi connectivity index (χ3n) is 2.39. The standard InChI is InChI=1S/C12H13F2NO3/c1-15(11(16)4-5-12(17)18)7-8-6-9(13)2-3-10(8)14/h2-3,6H,4-5,7H2,1H3,(H,17,18). The average molecular weight is 257 g/mol. The first kappa shape index (κ1) is 14.1. The number of hydrogen-bond acceptors (Lipinski definition) is 2. The second-order valence-electron chi connectivity index (χ2n) is 3.88. The summed E-state index contributed by atoms with van der Waals surface area (Å²) in [5.74, 6) is -2.69. The molecule has 98 valence electrons. The molecule has 0 bridgehead atoms. The van der Waals surface area contributed by atoms with E-state index in [4.69, 9.17) is 5.11 Å². The first-order valence-corrected chi connectivity index (χ1v) is 5.30. The number of hydrogen-bond donors (Lipinski definition) is 1. The fraction of sp³-hybridized carbons (Fsp3) is 0.333. The van der Waals surface area contributed by atoms with E-state index in [0.717, 1.165) is 18.2 Å². The van der Waals surface area contributed by atoms with Crippen LogP contribution in [0, 0.1) is 11.6 Å². The van der Waals surface area contributed by atoms with Gasteiger partial charge in [0, 0.05) is 25.6 Å². The van der Waals surface area contributed by atoms with Gasteiger partial charge in [-0.15, -0.1) is 0 Å². The second-order valence-corrected chi connectivity index (χ2v) is 3.88. The summed E-state index contributed by atoms with van der Waals surface area (Å²) in [7, 11) is 1.41. The lowest BCUT2D eigenvalue weighted by Gasteiger charge is -2.17. The van der Waals surface area contributed by atoms with E-state index in [1.165, 1.54) is 11.9 Å². The highest BCUT2D eigenvalue weighted by Gasteiger charge is 2.13. The van der Waals surface area contributed by atoms with Gasteiger partial charge in [-0.2, -0.15) is 0 Å². The van der Waals surface area contributed by atoms with Crippen LogP contribution in [-0.2, 0) is 16.1 Å². The van der Waals surface area contributed by atoms with Gasteiger partial charge in [0.05, 0.1) is 6.42 Å². The number of aliphatic carboxylic acids is 1. The van der Waals surface area contributed by atoms with Crippen molar-refractivity contribution >= 4 is 11.9 Å². The highest BCUT2D eigenvalue weighted by atomic mass is 19.1. The Bertz CT molecular complexity index is 463. The van der Waals surface area contributed by atoms with Crippen molar-refractivity contribution < 1.29 is 23.5 Å². The molecular formula is C12H13F2NO3. The largest absolute Gasteiger partial charge is 0.481 e. The minimum atomic E-state index is -1.08. The molecule has 0 aliphatic carbocycles. The third kappa shape index (κ3) is 4.12. The molecule has 1 rings (SSSR count). The van der Waals surface area contributed by atoms with Crippen molar-refractivity contribution in [1.82, 2.24) is 4.90 Å². The third-order valence-corrected chi connectivity index (χ3v) is 2.39. The lowest BCUT2D eigenvalue weighted by molar-refractivity contribution is -0.140. The molecule has 0 aromatic heterocycles. The van der Waals surface area contributed by atoms with Crippen LogP contribution < -0.4 is 0 Å². The average Bonchev–Trinajstić information content (AvgIpc) is 2.30. The van der Waals surface area contributed by atoms with Crippen LogP contribution in [0.15, 0.2) is 18.2 Å². The van der Waals surface area contributed by atoms with Crippen molar-refractivity contribution in [3.63, 3.8) is 0 Å². The molecule has 0 atom stereocenters. The topological polar surface area (TPSA) is 57.6 Å². The van der Waals surface area contributed by atoms with Gasteiger partial charge in [-0.25, -0.2) is 8.78 Å². The molecule has 1 N–H and O–H groups in total. The van der Waals surface area contributed by atoms with Crippen LogP contribution >= 0.6 is 0 Å². The van der Waals surface area contributed by atoms with E-state index in [1.807, 2.05) is 0 Å². The van der Waals surface area contributed by atoms with E-state index in [0.29, 0.717) is 0 Å². The number of carboxylic acids is 1. The quantitative estimate of drug-likeness (QED) is 0.874. The molecule has 0 aliphatic heterocycles. The minimum absolute atomic E-state index is 0.0566. The van der Waals surface area contributed by atoms with Gasteiger partial charge in [-0.3, -0.25) is 9.59 Å². The number of benzene rings is 1. The van der Waals surface area contributed by atoms with Crippen molar-refractivity contribution in [2.45, 2.75) is 19.4 Å². The Kier molecular flexibility index (Phi) is 4.76. The summed E-state index contributed by atoms with van der Waals surface area (Å²) in [6.07, 6.45) is -0.447. The van der Waals surface area contributed by atoms with Crippen molar-refractivity contribution in [2.75, 3.05) is 7.05 Å². The van der Waals surface area contributed by atoms with E-state index in [1.54, 1.807) is 0 Å². The predicted molar refractivity (Wildman–Crippen MR) is 59.7 cm³/mol. The summed E-state index contributed by atoms with van der Waals surface area (Å²) in [4.78, 5) is 23.0. The summed E-state index contributed by atoms with van der Waals surface area (Å²) >= 11 is 0. The molecule has 1 aromatic rings. The predicted octanol–water partition coefficient (Wildman–Crippen LogP) is 1.79. The number of nitrogens with zero attached hydrogens (tertiary/aromatic N) is 1. The van der Waals surface area contributed by atoms with Gasteiger partial charge < -0.3 is 10.0 Å². The molecule has 0 radical (unpaired) electrons. The Labute approximate surface area is 103 Å². The van der Waals surface area contributed by atoms with Gasteiger partial charge in [-0.05, 0) is 18.2 Å². The Morgan fingerprint density at radius 3 is 2.56 bits per heavy atom. The zero-order chi connectivity index (χ0) is 13.7. The lowest BCUT2D eigenvalue weighted by atomic mass is 10.2. The van der Waals surface area contributed by atoms with E-state index < -0.39 is 23.5 Å². The van der Waals surface area contributed by atoms with Crippen molar-refractivity contribution in [2.24, 2.45) is 0 Å². The Morgan fingerprint density at radius 1 is 1.28 bits per heavy atom. The van der Waals surface area contributed by atoms with Gasteiger partial charge in [0.15, 0.2) is 0 Å². The second kappa shape index (κ2) is 6.09. The maximum absolute atomic E-state index is 13.3. The monoisotopic (exact) mass is 257 g/mol. The van der Waals surface area contributed by atoms with Crippen LogP contribution in [0.3, 0.4) is 0 Å². The first-order chi connectivity index (χ1) is 8.40. The molecule has 18 heavy (non-hydrogen) atoms. The van der Waals surface area contributed by atoms with Crippen LogP contribution in [0.25, 0.3) is 0 Å². The first-order valence-electron chi connectivity index (χ1n) is 5.30.